The molecule has 2 heterocycles. The predicted octanol–water partition coefficient (Wildman–Crippen LogP) is 3.09. The number of aromatic nitrogens is 2. The molecular weight excluding hydrogens is 396 g/mol. The van der Waals surface area contributed by atoms with E-state index in [9.17, 15) is 13.2 Å². The van der Waals surface area contributed by atoms with Gasteiger partial charge >= 0.3 is 0 Å². The van der Waals surface area contributed by atoms with Crippen LogP contribution < -0.4 is 10.0 Å². The molecule has 0 spiro atoms. The molecule has 1 unspecified atom stereocenters. The number of carbonyl (C=O) groups excluding carboxylic acids is 1. The van der Waals surface area contributed by atoms with Crippen LogP contribution in [0.5, 0.6) is 0 Å². The molecule has 1 amide bonds. The van der Waals surface area contributed by atoms with Crippen LogP contribution in [0.4, 0.5) is 5.69 Å². The summed E-state index contributed by atoms with van der Waals surface area (Å²) in [7, 11) is -3.70. The topological polar surface area (TPSA) is 93.1 Å². The van der Waals surface area contributed by atoms with Gasteiger partial charge in [-0.15, -0.1) is 11.3 Å². The molecule has 0 radical (unpaired) electrons. The van der Waals surface area contributed by atoms with Crippen LogP contribution in [-0.2, 0) is 14.8 Å². The highest BCUT2D eigenvalue weighted by Crippen LogP contribution is 2.25. The van der Waals surface area contributed by atoms with Gasteiger partial charge in [0.1, 0.15) is 0 Å². The quantitative estimate of drug-likeness (QED) is 0.617. The Bertz CT molecular complexity index is 1060. The molecule has 0 aliphatic heterocycles. The van der Waals surface area contributed by atoms with Gasteiger partial charge in [-0.3, -0.25) is 9.48 Å². The van der Waals surface area contributed by atoms with Gasteiger partial charge in [0.25, 0.3) is 0 Å². The van der Waals surface area contributed by atoms with Crippen molar-refractivity contribution in [1.29, 1.82) is 0 Å². The van der Waals surface area contributed by atoms with E-state index >= 15 is 0 Å². The predicted molar refractivity (Wildman–Crippen MR) is 110 cm³/mol. The number of hydrogen-bond acceptors (Lipinski definition) is 5. The van der Waals surface area contributed by atoms with Gasteiger partial charge in [-0.1, -0.05) is 6.07 Å². The van der Waals surface area contributed by atoms with E-state index in [2.05, 4.69) is 15.1 Å². The van der Waals surface area contributed by atoms with Gasteiger partial charge in [0.15, 0.2) is 0 Å². The number of carbonyl (C=O) groups is 1. The van der Waals surface area contributed by atoms with Gasteiger partial charge in [0.2, 0.25) is 15.9 Å². The summed E-state index contributed by atoms with van der Waals surface area (Å²) >= 11 is 1.56. The van der Waals surface area contributed by atoms with Gasteiger partial charge in [-0.25, -0.2) is 13.1 Å². The average molecular weight is 419 g/mol. The van der Waals surface area contributed by atoms with E-state index in [0.29, 0.717) is 5.69 Å². The lowest BCUT2D eigenvalue weighted by molar-refractivity contribution is -0.114. The van der Waals surface area contributed by atoms with Crippen LogP contribution in [0.1, 0.15) is 29.2 Å². The molecule has 0 saturated carbocycles. The first-order chi connectivity index (χ1) is 13.3. The zero-order chi connectivity index (χ0) is 20.3. The maximum Gasteiger partial charge on any atom is 0.240 e. The van der Waals surface area contributed by atoms with Crippen molar-refractivity contribution in [3.63, 3.8) is 0 Å². The van der Waals surface area contributed by atoms with E-state index in [4.69, 9.17) is 0 Å². The van der Waals surface area contributed by atoms with Gasteiger partial charge in [0, 0.05) is 29.7 Å². The van der Waals surface area contributed by atoms with E-state index in [1.54, 1.807) is 23.5 Å². The van der Waals surface area contributed by atoms with Crippen LogP contribution in [0.25, 0.3) is 0 Å². The Morgan fingerprint density at radius 1 is 1.21 bits per heavy atom. The Morgan fingerprint density at radius 3 is 2.46 bits per heavy atom. The minimum atomic E-state index is -3.70. The Hall–Kier alpha value is -2.49. The van der Waals surface area contributed by atoms with E-state index in [1.807, 2.05) is 42.1 Å². The van der Waals surface area contributed by atoms with Crippen molar-refractivity contribution < 1.29 is 13.2 Å². The fraction of sp³-hybridized carbons (Fsp3) is 0.263. The number of aryl methyl sites for hydroxylation is 2. The van der Waals surface area contributed by atoms with E-state index in [-0.39, 0.29) is 23.4 Å². The maximum absolute atomic E-state index is 12.7. The maximum atomic E-state index is 12.7. The molecule has 0 aliphatic carbocycles. The Morgan fingerprint density at radius 2 is 1.93 bits per heavy atom. The third kappa shape index (κ3) is 4.67. The first kappa shape index (κ1) is 20.2. The summed E-state index contributed by atoms with van der Waals surface area (Å²) in [6.45, 7) is 5.44. The molecule has 0 bridgehead atoms. The zero-order valence-electron chi connectivity index (χ0n) is 15.8. The third-order valence-electron chi connectivity index (χ3n) is 4.16. The second-order valence-corrected chi connectivity index (χ2v) is 9.21. The second kappa shape index (κ2) is 8.26. The molecule has 1 atom stereocenters. The summed E-state index contributed by atoms with van der Waals surface area (Å²) in [5.74, 6) is -0.211. The Labute approximate surface area is 168 Å². The van der Waals surface area contributed by atoms with Crippen LogP contribution in [0.3, 0.4) is 0 Å². The number of anilines is 1. The highest BCUT2D eigenvalue weighted by Gasteiger charge is 2.22. The van der Waals surface area contributed by atoms with E-state index < -0.39 is 10.0 Å². The number of amides is 1. The first-order valence-electron chi connectivity index (χ1n) is 8.70. The number of benzene rings is 1. The summed E-state index contributed by atoms with van der Waals surface area (Å²) in [4.78, 5) is 12.3. The van der Waals surface area contributed by atoms with Crippen molar-refractivity contribution in [2.75, 3.05) is 11.9 Å². The number of thiophene rings is 1. The van der Waals surface area contributed by atoms with Crippen molar-refractivity contribution in [3.05, 3.63) is 64.1 Å². The fourth-order valence-electron chi connectivity index (χ4n) is 2.94. The number of nitrogens with one attached hydrogen (secondary N) is 2. The molecule has 1 aromatic carbocycles. The largest absolute Gasteiger partial charge is 0.326 e. The van der Waals surface area contributed by atoms with Crippen molar-refractivity contribution in [1.82, 2.24) is 14.5 Å². The molecule has 3 rings (SSSR count). The lowest BCUT2D eigenvalue weighted by atomic mass is 10.2. The van der Waals surface area contributed by atoms with Gasteiger partial charge in [-0.2, -0.15) is 5.10 Å². The molecule has 0 fully saturated rings. The van der Waals surface area contributed by atoms with Gasteiger partial charge < -0.3 is 5.32 Å². The minimum absolute atomic E-state index is 0.139. The molecule has 2 aromatic heterocycles. The van der Waals surface area contributed by atoms with E-state index in [1.165, 1.54) is 19.1 Å². The summed E-state index contributed by atoms with van der Waals surface area (Å²) in [6, 6.07) is 11.7. The van der Waals surface area contributed by atoms with Crippen molar-refractivity contribution in [2.24, 2.45) is 0 Å². The van der Waals surface area contributed by atoms with Crippen LogP contribution in [-0.4, -0.2) is 30.7 Å². The molecule has 0 saturated heterocycles. The third-order valence-corrected chi connectivity index (χ3v) is 6.58. The van der Waals surface area contributed by atoms with Gasteiger partial charge in [0.05, 0.1) is 16.6 Å². The standard InChI is InChI=1S/C19H22N4O3S2/c1-13-11-14(2)23(22-13)18(19-5-4-10-27-19)12-20-28(25,26)17-8-6-16(7-9-17)21-15(3)24/h4-11,18,20H,12H2,1-3H3,(H,21,24). The smallest absolute Gasteiger partial charge is 0.240 e. The number of rotatable bonds is 7. The van der Waals surface area contributed by atoms with Crippen molar-refractivity contribution in [2.45, 2.75) is 31.7 Å². The average Bonchev–Trinajstić information content (AvgIpc) is 3.25. The SMILES string of the molecule is CC(=O)Nc1ccc(S(=O)(=O)NCC(c2cccs2)n2nc(C)cc2C)cc1. The van der Waals surface area contributed by atoms with Crippen LogP contribution in [0, 0.1) is 13.8 Å². The number of nitrogens with zero attached hydrogens (tertiary/aromatic N) is 2. The Kier molecular flexibility index (Phi) is 5.97. The highest BCUT2D eigenvalue weighted by molar-refractivity contribution is 7.89. The van der Waals surface area contributed by atoms with Crippen molar-refractivity contribution >= 4 is 33.0 Å². The fourth-order valence-corrected chi connectivity index (χ4v) is 4.79. The van der Waals surface area contributed by atoms with Crippen LogP contribution in [0.2, 0.25) is 0 Å². The number of hydrogen-bond donors (Lipinski definition) is 2. The van der Waals surface area contributed by atoms with Crippen molar-refractivity contribution in [3.8, 4) is 0 Å². The molecule has 0 aliphatic rings. The molecule has 148 valence electrons. The summed E-state index contributed by atoms with van der Waals surface area (Å²) < 4.78 is 30.0. The summed E-state index contributed by atoms with van der Waals surface area (Å²) in [6.07, 6.45) is 0. The molecule has 3 aromatic rings. The lowest BCUT2D eigenvalue weighted by Crippen LogP contribution is -2.32. The zero-order valence-corrected chi connectivity index (χ0v) is 17.5. The highest BCUT2D eigenvalue weighted by atomic mass is 32.2. The first-order valence-corrected chi connectivity index (χ1v) is 11.1. The molecule has 9 heteroatoms. The minimum Gasteiger partial charge on any atom is -0.326 e. The Balaban J connectivity index is 1.80. The second-order valence-electron chi connectivity index (χ2n) is 6.46. The summed E-state index contributed by atoms with van der Waals surface area (Å²) in [5, 5.41) is 9.11. The lowest BCUT2D eigenvalue weighted by Gasteiger charge is -2.19. The monoisotopic (exact) mass is 418 g/mol. The molecule has 2 N–H and O–H groups in total. The summed E-state index contributed by atoms with van der Waals surface area (Å²) in [5.41, 5.74) is 2.40. The van der Waals surface area contributed by atoms with Crippen LogP contribution in [0.15, 0.2) is 52.7 Å². The van der Waals surface area contributed by atoms with Gasteiger partial charge in [-0.05, 0) is 55.6 Å². The molecule has 7 nitrogen and oxygen atoms in total. The normalized spacial score (nSPS) is 12.7. The number of sulfonamides is 1. The molecular formula is C19H22N4O3S2. The van der Waals surface area contributed by atoms with E-state index in [0.717, 1.165) is 16.3 Å². The van der Waals surface area contributed by atoms with Crippen LogP contribution >= 0.6 is 11.3 Å². The molecule has 28 heavy (non-hydrogen) atoms.